The summed E-state index contributed by atoms with van der Waals surface area (Å²) in [4.78, 5) is 0. The third-order valence-electron chi connectivity index (χ3n) is 7.97. The van der Waals surface area contributed by atoms with Crippen LogP contribution in [0.25, 0.3) is 0 Å². The van der Waals surface area contributed by atoms with Crippen LogP contribution in [-0.4, -0.2) is 28.1 Å². The topological polar surface area (TPSA) is 40.5 Å². The van der Waals surface area contributed by atoms with E-state index in [2.05, 4.69) is 19.9 Å². The van der Waals surface area contributed by atoms with Crippen molar-refractivity contribution in [2.45, 2.75) is 70.8 Å². The molecule has 0 bridgehead atoms. The van der Waals surface area contributed by atoms with Crippen molar-refractivity contribution in [3.63, 3.8) is 0 Å². The Labute approximate surface area is 138 Å². The highest BCUT2D eigenvalue weighted by atomic mass is 19.1. The highest BCUT2D eigenvalue weighted by Crippen LogP contribution is 2.68. The van der Waals surface area contributed by atoms with Gasteiger partial charge in [-0.15, -0.1) is 0 Å². The average molecular weight is 320 g/mol. The van der Waals surface area contributed by atoms with E-state index in [4.69, 9.17) is 0 Å². The fourth-order valence-electron chi connectivity index (χ4n) is 6.69. The molecule has 8 atom stereocenters. The number of hydrogen-bond acceptors (Lipinski definition) is 2. The van der Waals surface area contributed by atoms with Crippen molar-refractivity contribution in [1.29, 1.82) is 0 Å². The summed E-state index contributed by atoms with van der Waals surface area (Å²) in [6.07, 6.45) is 8.59. The molecule has 0 radical (unpaired) electrons. The van der Waals surface area contributed by atoms with Crippen LogP contribution in [0.3, 0.4) is 0 Å². The number of aliphatic hydroxyl groups is 2. The van der Waals surface area contributed by atoms with Gasteiger partial charge in [-0.1, -0.05) is 37.6 Å². The summed E-state index contributed by atoms with van der Waals surface area (Å²) in [5.41, 5.74) is -1.49. The summed E-state index contributed by atoms with van der Waals surface area (Å²) < 4.78 is 16.6. The minimum atomic E-state index is -1.61. The fourth-order valence-corrected chi connectivity index (χ4v) is 6.69. The van der Waals surface area contributed by atoms with Gasteiger partial charge in [-0.2, -0.15) is 0 Å². The molecule has 4 aliphatic carbocycles. The average Bonchev–Trinajstić information content (AvgIpc) is 2.72. The Morgan fingerprint density at radius 3 is 2.70 bits per heavy atom. The first-order chi connectivity index (χ1) is 10.7. The second-order valence-electron chi connectivity index (χ2n) is 8.97. The second-order valence-corrected chi connectivity index (χ2v) is 8.97. The van der Waals surface area contributed by atoms with Gasteiger partial charge in [0, 0.05) is 11.3 Å². The van der Waals surface area contributed by atoms with E-state index in [-0.39, 0.29) is 23.2 Å². The number of fused-ring (bicyclic) bond motifs is 5. The second kappa shape index (κ2) is 4.70. The number of allylic oxidation sites excluding steroid dienone is 4. The van der Waals surface area contributed by atoms with Gasteiger partial charge < -0.3 is 10.2 Å². The summed E-state index contributed by atoms with van der Waals surface area (Å²) in [6.45, 7) is 6.11. The Balaban J connectivity index is 1.82. The molecule has 2 nitrogen and oxygen atoms in total. The first-order valence-electron chi connectivity index (χ1n) is 9.17. The quantitative estimate of drug-likeness (QED) is 0.667. The molecule has 0 amide bonds. The minimum absolute atomic E-state index is 0.162. The lowest BCUT2D eigenvalue weighted by Gasteiger charge is -2.61. The predicted octanol–water partition coefficient (Wildman–Crippen LogP) is 3.79. The Hall–Kier alpha value is -0.670. The van der Waals surface area contributed by atoms with Crippen molar-refractivity contribution in [1.82, 2.24) is 0 Å². The van der Waals surface area contributed by atoms with E-state index in [1.807, 2.05) is 19.1 Å². The monoisotopic (exact) mass is 320 g/mol. The van der Waals surface area contributed by atoms with Gasteiger partial charge in [0.2, 0.25) is 0 Å². The fraction of sp³-hybridized carbons (Fsp3) is 0.800. The number of rotatable bonds is 0. The van der Waals surface area contributed by atoms with Gasteiger partial charge in [-0.3, -0.25) is 0 Å². The van der Waals surface area contributed by atoms with Crippen molar-refractivity contribution in [3.8, 4) is 0 Å². The van der Waals surface area contributed by atoms with Gasteiger partial charge in [0.15, 0.2) is 5.67 Å². The number of alkyl halides is 1. The molecule has 0 heterocycles. The zero-order chi connectivity index (χ0) is 16.6. The van der Waals surface area contributed by atoms with Gasteiger partial charge >= 0.3 is 0 Å². The van der Waals surface area contributed by atoms with E-state index in [0.29, 0.717) is 6.42 Å². The highest BCUT2D eigenvalue weighted by Gasteiger charge is 2.70. The van der Waals surface area contributed by atoms with Crippen LogP contribution in [0.5, 0.6) is 0 Å². The predicted molar refractivity (Wildman–Crippen MR) is 88.5 cm³/mol. The third-order valence-corrected chi connectivity index (χ3v) is 7.97. The summed E-state index contributed by atoms with van der Waals surface area (Å²) in [6, 6.07) is 0. The molecule has 0 aliphatic heterocycles. The van der Waals surface area contributed by atoms with E-state index in [0.717, 1.165) is 31.3 Å². The van der Waals surface area contributed by atoms with Gasteiger partial charge in [0.1, 0.15) is 0 Å². The lowest BCUT2D eigenvalue weighted by atomic mass is 9.46. The van der Waals surface area contributed by atoms with Crippen LogP contribution in [0.4, 0.5) is 4.39 Å². The van der Waals surface area contributed by atoms with Crippen LogP contribution >= 0.6 is 0 Å². The maximum atomic E-state index is 16.6. The van der Waals surface area contributed by atoms with E-state index in [1.54, 1.807) is 0 Å². The van der Waals surface area contributed by atoms with Gasteiger partial charge in [0.05, 0.1) is 12.2 Å². The van der Waals surface area contributed by atoms with Crippen molar-refractivity contribution in [2.75, 3.05) is 0 Å². The largest absolute Gasteiger partial charge is 0.392 e. The Morgan fingerprint density at radius 2 is 1.96 bits per heavy atom. The van der Waals surface area contributed by atoms with Crippen molar-refractivity contribution in [3.05, 3.63) is 23.8 Å². The lowest BCUT2D eigenvalue weighted by molar-refractivity contribution is -0.201. The van der Waals surface area contributed by atoms with Gasteiger partial charge in [0.25, 0.3) is 0 Å². The van der Waals surface area contributed by atoms with E-state index >= 15 is 4.39 Å². The summed E-state index contributed by atoms with van der Waals surface area (Å²) in [5.74, 6) is 0.182. The molecule has 3 saturated carbocycles. The van der Waals surface area contributed by atoms with Crippen molar-refractivity contribution >= 4 is 0 Å². The maximum absolute atomic E-state index is 16.6. The molecule has 0 aromatic heterocycles. The lowest BCUT2D eigenvalue weighted by Crippen LogP contribution is -2.66. The number of hydrogen-bond donors (Lipinski definition) is 2. The normalized spacial score (nSPS) is 58.2. The molecule has 0 aromatic rings. The standard InChI is InChI=1S/C20H29FO2/c1-12-10-15-14-8-7-13-6-4-5-9-19(13,3)20(14,21)16(22)11-18(15,2)17(12)23/h5-6,9,12,14-17,22-23H,4,7-8,10-11H2,1-3H3/t12-,14+,15+,16+,17-,18+,19+,20+/m1/s1. The summed E-state index contributed by atoms with van der Waals surface area (Å²) in [7, 11) is 0. The molecule has 128 valence electrons. The van der Waals surface area contributed by atoms with Crippen LogP contribution in [0.1, 0.15) is 52.9 Å². The molecule has 0 aromatic carbocycles. The summed E-state index contributed by atoms with van der Waals surface area (Å²) in [5, 5.41) is 21.6. The molecule has 0 saturated heterocycles. The smallest absolute Gasteiger partial charge is 0.152 e. The molecule has 4 rings (SSSR count). The van der Waals surface area contributed by atoms with Crippen LogP contribution < -0.4 is 0 Å². The third kappa shape index (κ3) is 1.71. The van der Waals surface area contributed by atoms with Crippen molar-refractivity contribution in [2.24, 2.45) is 28.6 Å². The van der Waals surface area contributed by atoms with Crippen LogP contribution in [0, 0.1) is 28.6 Å². The SMILES string of the molecule is C[C@@H]1C[C@H]2[C@@H]3CCC4=CCC=C[C@]4(C)[C@@]3(F)[C@@H](O)C[C@]2(C)[C@@H]1O. The van der Waals surface area contributed by atoms with Gasteiger partial charge in [-0.25, -0.2) is 4.39 Å². The first-order valence-corrected chi connectivity index (χ1v) is 9.17. The molecular weight excluding hydrogens is 291 g/mol. The molecule has 0 spiro atoms. The van der Waals surface area contributed by atoms with E-state index in [9.17, 15) is 10.2 Å². The molecule has 4 aliphatic rings. The minimum Gasteiger partial charge on any atom is -0.392 e. The molecule has 23 heavy (non-hydrogen) atoms. The van der Waals surface area contributed by atoms with Crippen LogP contribution in [0.15, 0.2) is 23.8 Å². The highest BCUT2D eigenvalue weighted by molar-refractivity contribution is 5.37. The summed E-state index contributed by atoms with van der Waals surface area (Å²) >= 11 is 0. The van der Waals surface area contributed by atoms with Gasteiger partial charge in [-0.05, 0) is 56.3 Å². The number of aliphatic hydroxyl groups excluding tert-OH is 2. The Kier molecular flexibility index (Phi) is 3.23. The van der Waals surface area contributed by atoms with Crippen LogP contribution in [0.2, 0.25) is 0 Å². The molecule has 0 unspecified atom stereocenters. The molecule has 3 heteroatoms. The van der Waals surface area contributed by atoms with Crippen molar-refractivity contribution < 1.29 is 14.6 Å². The van der Waals surface area contributed by atoms with Crippen LogP contribution in [-0.2, 0) is 0 Å². The first kappa shape index (κ1) is 15.8. The Bertz CT molecular complexity index is 584. The zero-order valence-electron chi connectivity index (χ0n) is 14.4. The molecular formula is C20H29FO2. The number of halogens is 1. The zero-order valence-corrected chi connectivity index (χ0v) is 14.4. The molecule has 3 fully saturated rings. The molecule has 2 N–H and O–H groups in total. The van der Waals surface area contributed by atoms with E-state index in [1.165, 1.54) is 0 Å². The van der Waals surface area contributed by atoms with E-state index < -0.39 is 23.3 Å². The Morgan fingerprint density at radius 1 is 1.22 bits per heavy atom. The maximum Gasteiger partial charge on any atom is 0.152 e.